The third-order valence-corrected chi connectivity index (χ3v) is 6.19. The monoisotopic (exact) mass is 418 g/mol. The quantitative estimate of drug-likeness (QED) is 0.299. The van der Waals surface area contributed by atoms with Crippen molar-refractivity contribution in [3.8, 4) is 0 Å². The van der Waals surface area contributed by atoms with E-state index < -0.39 is 11.9 Å². The zero-order chi connectivity index (χ0) is 22.5. The van der Waals surface area contributed by atoms with E-state index in [0.29, 0.717) is 11.8 Å². The van der Waals surface area contributed by atoms with Crippen molar-refractivity contribution < 1.29 is 19.1 Å². The number of benzene rings is 1. The van der Waals surface area contributed by atoms with E-state index in [1.165, 1.54) is 0 Å². The van der Waals surface area contributed by atoms with E-state index in [-0.39, 0.29) is 23.3 Å². The Hall–Kier alpha value is -1.84. The van der Waals surface area contributed by atoms with E-state index in [9.17, 15) is 9.59 Å². The molecule has 0 radical (unpaired) electrons. The fourth-order valence-electron chi connectivity index (χ4n) is 3.97. The lowest BCUT2D eigenvalue weighted by Crippen LogP contribution is -2.27. The van der Waals surface area contributed by atoms with Crippen LogP contribution >= 0.6 is 0 Å². The van der Waals surface area contributed by atoms with Crippen LogP contribution in [-0.4, -0.2) is 24.1 Å². The molecule has 30 heavy (non-hydrogen) atoms. The van der Waals surface area contributed by atoms with E-state index in [1.807, 2.05) is 13.8 Å². The van der Waals surface area contributed by atoms with Gasteiger partial charge in [-0.05, 0) is 63.5 Å². The Labute approximate surface area is 183 Å². The van der Waals surface area contributed by atoms with E-state index in [0.717, 1.165) is 51.4 Å². The third kappa shape index (κ3) is 8.12. The molecular formula is C26H42O4. The van der Waals surface area contributed by atoms with Gasteiger partial charge in [-0.3, -0.25) is 0 Å². The normalized spacial score (nSPS) is 15.1. The lowest BCUT2D eigenvalue weighted by Gasteiger charge is -2.24. The summed E-state index contributed by atoms with van der Waals surface area (Å²) < 4.78 is 11.5. The first-order valence-electron chi connectivity index (χ1n) is 11.9. The summed E-state index contributed by atoms with van der Waals surface area (Å²) >= 11 is 0. The molecule has 0 spiro atoms. The van der Waals surface area contributed by atoms with Crippen LogP contribution in [0.1, 0.15) is 114 Å². The van der Waals surface area contributed by atoms with E-state index in [1.54, 1.807) is 24.3 Å². The highest BCUT2D eigenvalue weighted by molar-refractivity contribution is 6.03. The van der Waals surface area contributed by atoms with Gasteiger partial charge in [-0.15, -0.1) is 0 Å². The van der Waals surface area contributed by atoms with Crippen LogP contribution in [0.25, 0.3) is 0 Å². The number of esters is 2. The van der Waals surface area contributed by atoms with Crippen LogP contribution in [0.5, 0.6) is 0 Å². The highest BCUT2D eigenvalue weighted by Crippen LogP contribution is 2.23. The molecule has 0 aliphatic rings. The summed E-state index contributed by atoms with van der Waals surface area (Å²) in [6, 6.07) is 6.81. The highest BCUT2D eigenvalue weighted by atomic mass is 16.5. The summed E-state index contributed by atoms with van der Waals surface area (Å²) in [5.41, 5.74) is 0.571. The molecule has 0 aliphatic carbocycles. The largest absolute Gasteiger partial charge is 0.459 e. The molecule has 0 saturated carbocycles. The average molecular weight is 419 g/mol. The summed E-state index contributed by atoms with van der Waals surface area (Å²) in [5, 5.41) is 0. The fourth-order valence-corrected chi connectivity index (χ4v) is 3.97. The summed E-state index contributed by atoms with van der Waals surface area (Å²) in [4.78, 5) is 25.7. The maximum absolute atomic E-state index is 12.9. The molecule has 0 fully saturated rings. The topological polar surface area (TPSA) is 52.6 Å². The number of rotatable bonds is 14. The van der Waals surface area contributed by atoms with Gasteiger partial charge < -0.3 is 9.47 Å². The number of carbonyl (C=O) groups excluding carboxylic acids is 2. The van der Waals surface area contributed by atoms with Gasteiger partial charge in [0.2, 0.25) is 0 Å². The Kier molecular flexibility index (Phi) is 12.4. The zero-order valence-electron chi connectivity index (χ0n) is 19.9. The molecule has 4 atom stereocenters. The van der Waals surface area contributed by atoms with Crippen molar-refractivity contribution in [2.45, 2.75) is 105 Å². The van der Waals surface area contributed by atoms with Crippen LogP contribution < -0.4 is 0 Å². The minimum Gasteiger partial charge on any atom is -0.459 e. The van der Waals surface area contributed by atoms with Crippen molar-refractivity contribution in [3.63, 3.8) is 0 Å². The van der Waals surface area contributed by atoms with Gasteiger partial charge in [-0.2, -0.15) is 0 Å². The first-order valence-corrected chi connectivity index (χ1v) is 11.9. The molecule has 170 valence electrons. The van der Waals surface area contributed by atoms with Crippen molar-refractivity contribution in [2.75, 3.05) is 0 Å². The zero-order valence-corrected chi connectivity index (χ0v) is 19.9. The Balaban J connectivity index is 2.87. The second-order valence-corrected chi connectivity index (χ2v) is 8.39. The first kappa shape index (κ1) is 26.2. The van der Waals surface area contributed by atoms with Crippen LogP contribution in [0.3, 0.4) is 0 Å². The molecule has 0 amide bonds. The SMILES string of the molecule is CCCCC(CC)C(C)OC(=O)c1ccccc1C(=O)OC(C)C(CC)CCCC. The van der Waals surface area contributed by atoms with Crippen molar-refractivity contribution in [2.24, 2.45) is 11.8 Å². The number of ether oxygens (including phenoxy) is 2. The average Bonchev–Trinajstić information content (AvgIpc) is 2.74. The molecule has 4 nitrogen and oxygen atoms in total. The minimum atomic E-state index is -0.448. The first-order chi connectivity index (χ1) is 14.4. The van der Waals surface area contributed by atoms with Gasteiger partial charge in [0.25, 0.3) is 0 Å². The summed E-state index contributed by atoms with van der Waals surface area (Å²) in [7, 11) is 0. The van der Waals surface area contributed by atoms with Crippen LogP contribution in [-0.2, 0) is 9.47 Å². The van der Waals surface area contributed by atoms with Crippen molar-refractivity contribution in [3.05, 3.63) is 35.4 Å². The van der Waals surface area contributed by atoms with Crippen molar-refractivity contribution >= 4 is 11.9 Å². The summed E-state index contributed by atoms with van der Waals surface area (Å²) in [5.74, 6) is -0.236. The van der Waals surface area contributed by atoms with Gasteiger partial charge in [0.15, 0.2) is 0 Å². The van der Waals surface area contributed by atoms with Crippen molar-refractivity contribution in [1.29, 1.82) is 0 Å². The van der Waals surface area contributed by atoms with Gasteiger partial charge in [0.05, 0.1) is 11.1 Å². The molecule has 0 bridgehead atoms. The lowest BCUT2D eigenvalue weighted by molar-refractivity contribution is 0.0129. The van der Waals surface area contributed by atoms with E-state index >= 15 is 0 Å². The van der Waals surface area contributed by atoms with Crippen LogP contribution in [0.4, 0.5) is 0 Å². The molecule has 0 saturated heterocycles. The van der Waals surface area contributed by atoms with E-state index in [2.05, 4.69) is 27.7 Å². The number of hydrogen-bond acceptors (Lipinski definition) is 4. The van der Waals surface area contributed by atoms with Crippen molar-refractivity contribution in [1.82, 2.24) is 0 Å². The number of hydrogen-bond donors (Lipinski definition) is 0. The molecule has 0 aromatic heterocycles. The van der Waals surface area contributed by atoms with Crippen LogP contribution in [0, 0.1) is 11.8 Å². The summed E-state index contributed by atoms with van der Waals surface area (Å²) in [6.45, 7) is 12.5. The minimum absolute atomic E-state index is 0.185. The lowest BCUT2D eigenvalue weighted by atomic mass is 9.94. The Morgan fingerprint density at radius 3 is 1.40 bits per heavy atom. The van der Waals surface area contributed by atoms with Gasteiger partial charge in [0, 0.05) is 0 Å². The molecule has 4 unspecified atom stereocenters. The van der Waals surface area contributed by atoms with Gasteiger partial charge in [0.1, 0.15) is 12.2 Å². The van der Waals surface area contributed by atoms with Gasteiger partial charge >= 0.3 is 11.9 Å². The fraction of sp³-hybridized carbons (Fsp3) is 0.692. The maximum atomic E-state index is 12.9. The molecule has 1 aromatic carbocycles. The third-order valence-electron chi connectivity index (χ3n) is 6.19. The van der Waals surface area contributed by atoms with Crippen LogP contribution in [0.15, 0.2) is 24.3 Å². The molecule has 0 heterocycles. The van der Waals surface area contributed by atoms with Gasteiger partial charge in [-0.1, -0.05) is 65.5 Å². The number of carbonyl (C=O) groups is 2. The Bertz CT molecular complexity index is 585. The molecular weight excluding hydrogens is 376 g/mol. The summed E-state index contributed by atoms with van der Waals surface area (Å²) in [6.07, 6.45) is 8.14. The highest BCUT2D eigenvalue weighted by Gasteiger charge is 2.26. The Morgan fingerprint density at radius 1 is 0.733 bits per heavy atom. The molecule has 4 heteroatoms. The van der Waals surface area contributed by atoms with E-state index in [4.69, 9.17) is 9.47 Å². The predicted molar refractivity (Wildman–Crippen MR) is 123 cm³/mol. The number of unbranched alkanes of at least 4 members (excludes halogenated alkanes) is 2. The smallest absolute Gasteiger partial charge is 0.339 e. The molecule has 1 rings (SSSR count). The second-order valence-electron chi connectivity index (χ2n) is 8.39. The standard InChI is InChI=1S/C26H42O4/c1-7-11-15-21(9-3)19(5)29-25(27)23-17-13-14-18-24(23)26(28)30-20(6)22(10-4)16-12-8-2/h13-14,17-22H,7-12,15-16H2,1-6H3. The maximum Gasteiger partial charge on any atom is 0.339 e. The molecule has 0 N–H and O–H groups in total. The molecule has 1 aromatic rings. The second kappa shape index (κ2) is 14.2. The van der Waals surface area contributed by atoms with Crippen LogP contribution in [0.2, 0.25) is 0 Å². The predicted octanol–water partition coefficient (Wildman–Crippen LogP) is 7.21. The molecule has 0 aliphatic heterocycles. The van der Waals surface area contributed by atoms with Gasteiger partial charge in [-0.25, -0.2) is 9.59 Å². The Morgan fingerprint density at radius 2 is 1.10 bits per heavy atom.